The lowest BCUT2D eigenvalue weighted by molar-refractivity contribution is 0.247. The standard InChI is InChI=1S/C22H27ClN6O2S/c1-17(2)32(30,31)16-18-4-3-5-21(10-18)28-8-6-27(7-9-28)14-20-15-29(26-25-20)22-11-19(23)12-24-13-22/h3-5,10-13,15,17H,6-9,14,16H2,1-2H3. The molecular formula is C22H27ClN6O2S. The first-order valence-corrected chi connectivity index (χ1v) is 12.7. The van der Waals surface area contributed by atoms with Crippen molar-refractivity contribution >= 4 is 27.1 Å². The fourth-order valence-corrected chi connectivity index (χ4v) is 4.80. The van der Waals surface area contributed by atoms with Crippen LogP contribution in [0.1, 0.15) is 25.1 Å². The van der Waals surface area contributed by atoms with Crippen LogP contribution in [-0.2, 0) is 22.1 Å². The zero-order valence-corrected chi connectivity index (χ0v) is 19.8. The Morgan fingerprint density at radius 3 is 2.56 bits per heavy atom. The Morgan fingerprint density at radius 2 is 1.84 bits per heavy atom. The van der Waals surface area contributed by atoms with Gasteiger partial charge in [-0.2, -0.15) is 0 Å². The Morgan fingerprint density at radius 1 is 1.06 bits per heavy atom. The third-order valence-corrected chi connectivity index (χ3v) is 7.99. The minimum atomic E-state index is -3.12. The zero-order chi connectivity index (χ0) is 22.7. The van der Waals surface area contributed by atoms with E-state index in [-0.39, 0.29) is 11.0 Å². The largest absolute Gasteiger partial charge is 0.369 e. The summed E-state index contributed by atoms with van der Waals surface area (Å²) in [4.78, 5) is 8.73. The van der Waals surface area contributed by atoms with E-state index in [0.29, 0.717) is 11.6 Å². The van der Waals surface area contributed by atoms with Crippen molar-refractivity contribution in [2.24, 2.45) is 0 Å². The molecule has 8 nitrogen and oxygen atoms in total. The van der Waals surface area contributed by atoms with Crippen LogP contribution in [0, 0.1) is 0 Å². The predicted molar refractivity (Wildman–Crippen MR) is 126 cm³/mol. The van der Waals surface area contributed by atoms with Crippen LogP contribution in [0.25, 0.3) is 5.69 Å². The lowest BCUT2D eigenvalue weighted by atomic mass is 10.2. The number of hydrogen-bond acceptors (Lipinski definition) is 7. The molecule has 10 heteroatoms. The van der Waals surface area contributed by atoms with E-state index in [2.05, 4.69) is 25.1 Å². The molecule has 0 N–H and O–H groups in total. The highest BCUT2D eigenvalue weighted by atomic mass is 35.5. The van der Waals surface area contributed by atoms with Gasteiger partial charge in [0.15, 0.2) is 9.84 Å². The van der Waals surface area contributed by atoms with E-state index in [0.717, 1.165) is 48.8 Å². The fraction of sp³-hybridized carbons (Fsp3) is 0.409. The van der Waals surface area contributed by atoms with Crippen molar-refractivity contribution in [3.63, 3.8) is 0 Å². The average molecular weight is 475 g/mol. The summed E-state index contributed by atoms with van der Waals surface area (Å²) in [6, 6.07) is 9.67. The van der Waals surface area contributed by atoms with E-state index >= 15 is 0 Å². The summed E-state index contributed by atoms with van der Waals surface area (Å²) < 4.78 is 26.2. The molecule has 4 rings (SSSR count). The second-order valence-electron chi connectivity index (χ2n) is 8.30. The second-order valence-corrected chi connectivity index (χ2v) is 11.3. The third kappa shape index (κ3) is 5.46. The Bertz CT molecular complexity index is 1170. The smallest absolute Gasteiger partial charge is 0.156 e. The number of sulfone groups is 1. The molecule has 0 aliphatic carbocycles. The minimum Gasteiger partial charge on any atom is -0.369 e. The molecule has 1 saturated heterocycles. The van der Waals surface area contributed by atoms with Crippen LogP contribution in [0.15, 0.2) is 48.9 Å². The number of pyridine rings is 1. The van der Waals surface area contributed by atoms with Gasteiger partial charge in [-0.15, -0.1) is 5.10 Å². The van der Waals surface area contributed by atoms with Gasteiger partial charge < -0.3 is 4.90 Å². The molecule has 0 radical (unpaired) electrons. The number of piperazine rings is 1. The van der Waals surface area contributed by atoms with Gasteiger partial charge in [-0.3, -0.25) is 9.88 Å². The second kappa shape index (κ2) is 9.56. The van der Waals surface area contributed by atoms with Crippen molar-refractivity contribution in [3.05, 3.63) is 65.2 Å². The van der Waals surface area contributed by atoms with Crippen LogP contribution in [0.3, 0.4) is 0 Å². The monoisotopic (exact) mass is 474 g/mol. The molecule has 0 bridgehead atoms. The summed E-state index contributed by atoms with van der Waals surface area (Å²) in [6.45, 7) is 7.68. The number of nitrogens with zero attached hydrogens (tertiary/aromatic N) is 6. The highest BCUT2D eigenvalue weighted by Crippen LogP contribution is 2.21. The zero-order valence-electron chi connectivity index (χ0n) is 18.2. The van der Waals surface area contributed by atoms with Crippen LogP contribution in [0.5, 0.6) is 0 Å². The number of aromatic nitrogens is 4. The van der Waals surface area contributed by atoms with Gasteiger partial charge in [0.25, 0.3) is 0 Å². The molecule has 0 atom stereocenters. The van der Waals surface area contributed by atoms with Crippen LogP contribution >= 0.6 is 11.6 Å². The maximum absolute atomic E-state index is 12.3. The first-order valence-electron chi connectivity index (χ1n) is 10.6. The van der Waals surface area contributed by atoms with Gasteiger partial charge in [0, 0.05) is 44.6 Å². The molecule has 170 valence electrons. The van der Waals surface area contributed by atoms with Crippen molar-refractivity contribution in [1.29, 1.82) is 0 Å². The van der Waals surface area contributed by atoms with E-state index < -0.39 is 9.84 Å². The maximum Gasteiger partial charge on any atom is 0.156 e. The van der Waals surface area contributed by atoms with Crippen LogP contribution < -0.4 is 4.90 Å². The first-order chi connectivity index (χ1) is 15.3. The summed E-state index contributed by atoms with van der Waals surface area (Å²) in [5, 5.41) is 8.66. The van der Waals surface area contributed by atoms with E-state index in [4.69, 9.17) is 11.6 Å². The van der Waals surface area contributed by atoms with Gasteiger partial charge >= 0.3 is 0 Å². The van der Waals surface area contributed by atoms with E-state index in [1.54, 1.807) is 37.0 Å². The summed E-state index contributed by atoms with van der Waals surface area (Å²) in [6.07, 6.45) is 5.18. The molecule has 32 heavy (non-hydrogen) atoms. The van der Waals surface area contributed by atoms with Gasteiger partial charge in [0.2, 0.25) is 0 Å². The normalized spacial score (nSPS) is 15.4. The maximum atomic E-state index is 12.3. The Kier molecular flexibility index (Phi) is 6.78. The molecule has 2 aromatic heterocycles. The molecule has 1 fully saturated rings. The molecule has 3 heterocycles. The van der Waals surface area contributed by atoms with Gasteiger partial charge in [-0.1, -0.05) is 28.9 Å². The molecule has 1 aliphatic heterocycles. The highest BCUT2D eigenvalue weighted by Gasteiger charge is 2.20. The van der Waals surface area contributed by atoms with E-state index in [1.165, 1.54) is 0 Å². The van der Waals surface area contributed by atoms with Crippen LogP contribution in [0.4, 0.5) is 5.69 Å². The lowest BCUT2D eigenvalue weighted by Crippen LogP contribution is -2.46. The number of benzene rings is 1. The third-order valence-electron chi connectivity index (χ3n) is 5.62. The molecular weight excluding hydrogens is 448 g/mol. The fourth-order valence-electron chi connectivity index (χ4n) is 3.66. The SMILES string of the molecule is CC(C)S(=O)(=O)Cc1cccc(N2CCN(Cc3cn(-c4cncc(Cl)c4)nn3)CC2)c1. The number of hydrogen-bond donors (Lipinski definition) is 0. The highest BCUT2D eigenvalue weighted by molar-refractivity contribution is 7.91. The van der Waals surface area contributed by atoms with E-state index in [9.17, 15) is 8.42 Å². The van der Waals surface area contributed by atoms with Gasteiger partial charge in [-0.05, 0) is 37.6 Å². The molecule has 0 amide bonds. The molecule has 3 aromatic rings. The summed E-state index contributed by atoms with van der Waals surface area (Å²) in [5.41, 5.74) is 3.58. The van der Waals surface area contributed by atoms with Crippen LogP contribution in [-0.4, -0.2) is 64.7 Å². The van der Waals surface area contributed by atoms with Crippen molar-refractivity contribution in [1.82, 2.24) is 24.9 Å². The summed E-state index contributed by atoms with van der Waals surface area (Å²) >= 11 is 6.01. The number of rotatable bonds is 7. The summed E-state index contributed by atoms with van der Waals surface area (Å²) in [7, 11) is -3.12. The van der Waals surface area contributed by atoms with E-state index in [1.807, 2.05) is 30.5 Å². The quantitative estimate of drug-likeness (QED) is 0.520. The van der Waals surface area contributed by atoms with Crippen molar-refractivity contribution in [2.45, 2.75) is 31.4 Å². The topological polar surface area (TPSA) is 84.2 Å². The molecule has 0 saturated carbocycles. The Hall–Kier alpha value is -2.49. The van der Waals surface area contributed by atoms with Gasteiger partial charge in [0.05, 0.1) is 39.8 Å². The van der Waals surface area contributed by atoms with Gasteiger partial charge in [-0.25, -0.2) is 13.1 Å². The van der Waals surface area contributed by atoms with Gasteiger partial charge in [0.1, 0.15) is 0 Å². The van der Waals surface area contributed by atoms with Crippen molar-refractivity contribution < 1.29 is 8.42 Å². The number of anilines is 1. The molecule has 1 aliphatic rings. The first kappa shape index (κ1) is 22.7. The Labute approximate surface area is 193 Å². The lowest BCUT2D eigenvalue weighted by Gasteiger charge is -2.35. The summed E-state index contributed by atoms with van der Waals surface area (Å²) in [5.74, 6) is 0.0796. The predicted octanol–water partition coefficient (Wildman–Crippen LogP) is 2.96. The average Bonchev–Trinajstić information content (AvgIpc) is 3.23. The molecule has 0 unspecified atom stereocenters. The molecule has 1 aromatic carbocycles. The van der Waals surface area contributed by atoms with Crippen molar-refractivity contribution in [3.8, 4) is 5.69 Å². The molecule has 0 spiro atoms. The number of halogens is 1. The van der Waals surface area contributed by atoms with Crippen LogP contribution in [0.2, 0.25) is 5.02 Å². The minimum absolute atomic E-state index is 0.0796. The van der Waals surface area contributed by atoms with Crippen molar-refractivity contribution in [2.75, 3.05) is 31.1 Å². The Balaban J connectivity index is 1.34.